The lowest BCUT2D eigenvalue weighted by atomic mass is 10.2. The van der Waals surface area contributed by atoms with Crippen LogP contribution in [0, 0.1) is 6.92 Å². The van der Waals surface area contributed by atoms with E-state index in [0.29, 0.717) is 17.1 Å². The molecular weight excluding hydrogens is 288 g/mol. The maximum absolute atomic E-state index is 12.7. The van der Waals surface area contributed by atoms with Crippen LogP contribution < -0.4 is 14.8 Å². The number of anilines is 2. The van der Waals surface area contributed by atoms with Crippen LogP contribution in [0.15, 0.2) is 47.4 Å². The fourth-order valence-electron chi connectivity index (χ4n) is 2.03. The number of benzene rings is 2. The minimum absolute atomic E-state index is 0.172. The predicted molar refractivity (Wildman–Crippen MR) is 84.2 cm³/mol. The summed E-state index contributed by atoms with van der Waals surface area (Å²) in [6.45, 7) is 1.81. The molecule has 0 fully saturated rings. The molecule has 0 aliphatic rings. The quantitative estimate of drug-likeness (QED) is 0.880. The molecule has 0 unspecified atom stereocenters. The lowest BCUT2D eigenvalue weighted by Gasteiger charge is -2.20. The molecule has 21 heavy (non-hydrogen) atoms. The molecule has 0 aliphatic carbocycles. The molecule has 2 aromatic rings. The number of hydrogen-bond donors (Lipinski definition) is 1. The molecule has 112 valence electrons. The maximum Gasteiger partial charge on any atom is 0.264 e. The molecule has 2 N–H and O–H groups in total. The van der Waals surface area contributed by atoms with Gasteiger partial charge in [0.05, 0.1) is 17.7 Å². The Hall–Kier alpha value is -2.21. The van der Waals surface area contributed by atoms with Crippen molar-refractivity contribution >= 4 is 21.4 Å². The minimum atomic E-state index is -3.66. The van der Waals surface area contributed by atoms with E-state index in [0.717, 1.165) is 5.56 Å². The highest BCUT2D eigenvalue weighted by atomic mass is 32.2. The van der Waals surface area contributed by atoms with Crippen LogP contribution in [-0.4, -0.2) is 22.6 Å². The summed E-state index contributed by atoms with van der Waals surface area (Å²) in [7, 11) is -0.625. The van der Waals surface area contributed by atoms with Crippen molar-refractivity contribution in [2.24, 2.45) is 0 Å². The Bertz CT molecular complexity index is 737. The molecule has 6 heteroatoms. The Kier molecular flexibility index (Phi) is 4.09. The van der Waals surface area contributed by atoms with Crippen LogP contribution in [-0.2, 0) is 10.0 Å². The van der Waals surface area contributed by atoms with Gasteiger partial charge in [-0.2, -0.15) is 0 Å². The van der Waals surface area contributed by atoms with Crippen molar-refractivity contribution in [3.05, 3.63) is 48.0 Å². The van der Waals surface area contributed by atoms with Crippen LogP contribution >= 0.6 is 0 Å². The third-order valence-corrected chi connectivity index (χ3v) is 4.91. The Balaban J connectivity index is 2.47. The van der Waals surface area contributed by atoms with Crippen LogP contribution in [0.2, 0.25) is 0 Å². The molecule has 0 bridgehead atoms. The molecule has 5 nitrogen and oxygen atoms in total. The Morgan fingerprint density at radius 2 is 1.86 bits per heavy atom. The van der Waals surface area contributed by atoms with Crippen LogP contribution in [0.4, 0.5) is 11.4 Å². The van der Waals surface area contributed by atoms with Crippen molar-refractivity contribution in [3.63, 3.8) is 0 Å². The number of nitrogens with two attached hydrogens (primary N) is 1. The number of nitrogens with zero attached hydrogens (tertiary/aromatic N) is 1. The smallest absolute Gasteiger partial charge is 0.264 e. The van der Waals surface area contributed by atoms with Gasteiger partial charge in [-0.1, -0.05) is 6.07 Å². The summed E-state index contributed by atoms with van der Waals surface area (Å²) in [6, 6.07) is 11.7. The summed E-state index contributed by atoms with van der Waals surface area (Å²) in [6.07, 6.45) is 0. The molecular formula is C15H18N2O3S. The van der Waals surface area contributed by atoms with Gasteiger partial charge in [0, 0.05) is 18.8 Å². The van der Waals surface area contributed by atoms with E-state index in [1.54, 1.807) is 43.3 Å². The van der Waals surface area contributed by atoms with E-state index in [1.165, 1.54) is 24.5 Å². The highest BCUT2D eigenvalue weighted by Crippen LogP contribution is 2.26. The van der Waals surface area contributed by atoms with Crippen LogP contribution in [0.25, 0.3) is 0 Å². The monoisotopic (exact) mass is 306 g/mol. The predicted octanol–water partition coefficient (Wildman–Crippen LogP) is 2.41. The SMILES string of the molecule is COc1cccc(N(C)S(=O)(=O)c2cc(C)cc(N)c2)c1. The Morgan fingerprint density at radius 1 is 1.14 bits per heavy atom. The molecule has 0 saturated carbocycles. The molecule has 0 atom stereocenters. The highest BCUT2D eigenvalue weighted by Gasteiger charge is 2.22. The van der Waals surface area contributed by atoms with E-state index in [9.17, 15) is 8.42 Å². The molecule has 0 aromatic heterocycles. The highest BCUT2D eigenvalue weighted by molar-refractivity contribution is 7.92. The van der Waals surface area contributed by atoms with Gasteiger partial charge < -0.3 is 10.5 Å². The summed E-state index contributed by atoms with van der Waals surface area (Å²) in [4.78, 5) is 0.172. The molecule has 0 radical (unpaired) electrons. The second kappa shape index (κ2) is 5.65. The topological polar surface area (TPSA) is 72.6 Å². The molecule has 0 spiro atoms. The van der Waals surface area contributed by atoms with Gasteiger partial charge in [0.25, 0.3) is 10.0 Å². The van der Waals surface area contributed by atoms with Crippen molar-refractivity contribution < 1.29 is 13.2 Å². The minimum Gasteiger partial charge on any atom is -0.497 e. The van der Waals surface area contributed by atoms with Crippen molar-refractivity contribution in [3.8, 4) is 5.75 Å². The Labute approximate surface area is 125 Å². The summed E-state index contributed by atoms with van der Waals surface area (Å²) in [5.74, 6) is 0.596. The first-order chi connectivity index (χ1) is 9.84. The van der Waals surface area contributed by atoms with Gasteiger partial charge in [0.15, 0.2) is 0 Å². The summed E-state index contributed by atoms with van der Waals surface area (Å²) in [5, 5.41) is 0. The number of aryl methyl sites for hydroxylation is 1. The summed E-state index contributed by atoms with van der Waals surface area (Å²) < 4.78 is 31.7. The van der Waals surface area contributed by atoms with Gasteiger partial charge in [-0.25, -0.2) is 8.42 Å². The lowest BCUT2D eigenvalue weighted by molar-refractivity contribution is 0.415. The molecule has 0 saturated heterocycles. The number of ether oxygens (including phenoxy) is 1. The number of hydrogen-bond acceptors (Lipinski definition) is 4. The van der Waals surface area contributed by atoms with Gasteiger partial charge in [-0.3, -0.25) is 4.31 Å². The maximum atomic E-state index is 12.7. The number of rotatable bonds is 4. The third kappa shape index (κ3) is 3.11. The molecule has 0 aliphatic heterocycles. The number of methoxy groups -OCH3 is 1. The molecule has 0 heterocycles. The standard InChI is InChI=1S/C15H18N2O3S/c1-11-7-12(16)9-15(8-11)21(18,19)17(2)13-5-4-6-14(10-13)20-3/h4-10H,16H2,1-3H3. The number of sulfonamides is 1. The van der Waals surface area contributed by atoms with E-state index < -0.39 is 10.0 Å². The molecule has 2 aromatic carbocycles. The zero-order valence-corrected chi connectivity index (χ0v) is 13.0. The van der Waals surface area contributed by atoms with Gasteiger partial charge in [0.1, 0.15) is 5.75 Å². The largest absolute Gasteiger partial charge is 0.497 e. The van der Waals surface area contributed by atoms with Gasteiger partial charge >= 0.3 is 0 Å². The van der Waals surface area contributed by atoms with Gasteiger partial charge in [-0.05, 0) is 42.8 Å². The van der Waals surface area contributed by atoms with E-state index in [4.69, 9.17) is 10.5 Å². The van der Waals surface area contributed by atoms with E-state index >= 15 is 0 Å². The molecule has 0 amide bonds. The third-order valence-electron chi connectivity index (χ3n) is 3.15. The van der Waals surface area contributed by atoms with E-state index in [2.05, 4.69) is 0 Å². The second-order valence-corrected chi connectivity index (χ2v) is 6.72. The van der Waals surface area contributed by atoms with Crippen molar-refractivity contribution in [2.45, 2.75) is 11.8 Å². The first-order valence-corrected chi connectivity index (χ1v) is 7.79. The first-order valence-electron chi connectivity index (χ1n) is 6.35. The summed E-state index contributed by atoms with van der Waals surface area (Å²) >= 11 is 0. The average molecular weight is 306 g/mol. The average Bonchev–Trinajstić information content (AvgIpc) is 2.45. The fraction of sp³-hybridized carbons (Fsp3) is 0.200. The second-order valence-electron chi connectivity index (χ2n) is 4.75. The van der Waals surface area contributed by atoms with E-state index in [-0.39, 0.29) is 4.90 Å². The zero-order chi connectivity index (χ0) is 15.6. The van der Waals surface area contributed by atoms with Crippen LogP contribution in [0.1, 0.15) is 5.56 Å². The fourth-order valence-corrected chi connectivity index (χ4v) is 3.36. The lowest BCUT2D eigenvalue weighted by Crippen LogP contribution is -2.26. The van der Waals surface area contributed by atoms with Gasteiger partial charge in [-0.15, -0.1) is 0 Å². The van der Waals surface area contributed by atoms with Crippen molar-refractivity contribution in [1.82, 2.24) is 0 Å². The Morgan fingerprint density at radius 3 is 2.48 bits per heavy atom. The zero-order valence-electron chi connectivity index (χ0n) is 12.2. The van der Waals surface area contributed by atoms with Crippen LogP contribution in [0.5, 0.6) is 5.75 Å². The first kappa shape index (κ1) is 15.2. The number of nitrogen functional groups attached to an aromatic ring is 1. The molecule has 2 rings (SSSR count). The van der Waals surface area contributed by atoms with Crippen molar-refractivity contribution in [1.29, 1.82) is 0 Å². The normalized spacial score (nSPS) is 11.2. The van der Waals surface area contributed by atoms with Crippen LogP contribution in [0.3, 0.4) is 0 Å². The summed E-state index contributed by atoms with van der Waals surface area (Å²) in [5.41, 5.74) is 7.48. The van der Waals surface area contributed by atoms with Gasteiger partial charge in [0.2, 0.25) is 0 Å². The van der Waals surface area contributed by atoms with Crippen molar-refractivity contribution in [2.75, 3.05) is 24.2 Å². The van der Waals surface area contributed by atoms with E-state index in [1.807, 2.05) is 0 Å².